The highest BCUT2D eigenvalue weighted by Crippen LogP contribution is 2.43. The highest BCUT2D eigenvalue weighted by atomic mass is 14.9. The monoisotopic (exact) mass is 377 g/mol. The number of benzene rings is 3. The molecule has 0 bridgehead atoms. The number of hydrogen-bond acceptors (Lipinski definition) is 1. The van der Waals surface area contributed by atoms with Crippen LogP contribution in [0.4, 0.5) is 5.69 Å². The number of anilines is 1. The van der Waals surface area contributed by atoms with Crippen molar-refractivity contribution in [2.75, 3.05) is 5.32 Å². The molecule has 0 spiro atoms. The van der Waals surface area contributed by atoms with Crippen molar-refractivity contribution in [3.63, 3.8) is 0 Å². The molecule has 3 aromatic rings. The molecule has 0 aromatic heterocycles. The topological polar surface area (TPSA) is 12.0 Å². The van der Waals surface area contributed by atoms with Crippen molar-refractivity contribution in [2.45, 2.75) is 25.2 Å². The number of fused-ring (bicyclic) bond motifs is 1. The van der Waals surface area contributed by atoms with E-state index in [1.807, 2.05) is 24.3 Å². The van der Waals surface area contributed by atoms with E-state index in [1.165, 1.54) is 27.8 Å². The van der Waals surface area contributed by atoms with Crippen LogP contribution >= 0.6 is 0 Å². The van der Waals surface area contributed by atoms with Gasteiger partial charge in [0.1, 0.15) is 0 Å². The third-order valence-corrected chi connectivity index (χ3v) is 5.94. The Morgan fingerprint density at radius 1 is 1.03 bits per heavy atom. The van der Waals surface area contributed by atoms with Crippen molar-refractivity contribution < 1.29 is 0 Å². The molecule has 1 aliphatic carbocycles. The van der Waals surface area contributed by atoms with Gasteiger partial charge in [0.25, 0.3) is 0 Å². The lowest BCUT2D eigenvalue weighted by Gasteiger charge is -2.14. The molecule has 0 saturated heterocycles. The third-order valence-electron chi connectivity index (χ3n) is 5.94. The Bertz CT molecular complexity index is 1060. The molecule has 1 nitrogen and oxygen atoms in total. The van der Waals surface area contributed by atoms with Crippen molar-refractivity contribution in [3.8, 4) is 0 Å². The van der Waals surface area contributed by atoms with Gasteiger partial charge in [-0.05, 0) is 57.9 Å². The van der Waals surface area contributed by atoms with Gasteiger partial charge < -0.3 is 5.32 Å². The first kappa shape index (κ1) is 19.0. The van der Waals surface area contributed by atoms with E-state index in [1.54, 1.807) is 0 Å². The molecule has 3 aromatic carbocycles. The first-order valence-corrected chi connectivity index (χ1v) is 10.1. The maximum absolute atomic E-state index is 4.44. The van der Waals surface area contributed by atoms with Crippen LogP contribution in [0, 0.1) is 0 Å². The molecule has 0 radical (unpaired) electrons. The number of allylic oxidation sites excluding steroid dienone is 2. The summed E-state index contributed by atoms with van der Waals surface area (Å²) >= 11 is 0. The number of hydrogen-bond donors (Lipinski definition) is 1. The fourth-order valence-corrected chi connectivity index (χ4v) is 4.03. The predicted molar refractivity (Wildman–Crippen MR) is 126 cm³/mol. The standard InChI is InChI=1S/C28H27N/c1-5-19(2)22-11-13-24(14-12-22)27-17-25-15-16-26(18-28(25)20(27)3)29-21(4)23-9-7-6-8-10-23/h5-16,18-19,27,29H,1,3-4,17H2,2H3. The Labute approximate surface area is 174 Å². The first-order valence-electron chi connectivity index (χ1n) is 10.1. The Balaban J connectivity index is 1.53. The summed E-state index contributed by atoms with van der Waals surface area (Å²) < 4.78 is 0. The van der Waals surface area contributed by atoms with Crippen LogP contribution in [0.15, 0.2) is 98.6 Å². The average molecular weight is 378 g/mol. The van der Waals surface area contributed by atoms with Gasteiger partial charge >= 0.3 is 0 Å². The van der Waals surface area contributed by atoms with Crippen LogP contribution in [0.3, 0.4) is 0 Å². The second-order valence-corrected chi connectivity index (χ2v) is 7.81. The molecule has 0 amide bonds. The molecule has 1 heteroatoms. The molecule has 0 saturated carbocycles. The van der Waals surface area contributed by atoms with Gasteiger partial charge in [-0.1, -0.05) is 86.8 Å². The van der Waals surface area contributed by atoms with E-state index in [0.29, 0.717) is 11.8 Å². The van der Waals surface area contributed by atoms with E-state index in [2.05, 4.69) is 86.6 Å². The van der Waals surface area contributed by atoms with Crippen LogP contribution in [-0.2, 0) is 6.42 Å². The van der Waals surface area contributed by atoms with Gasteiger partial charge in [-0.25, -0.2) is 0 Å². The Morgan fingerprint density at radius 2 is 1.76 bits per heavy atom. The predicted octanol–water partition coefficient (Wildman–Crippen LogP) is 7.41. The lowest BCUT2D eigenvalue weighted by Crippen LogP contribution is -1.98. The van der Waals surface area contributed by atoms with Crippen molar-refractivity contribution in [2.24, 2.45) is 0 Å². The van der Waals surface area contributed by atoms with E-state index >= 15 is 0 Å². The molecule has 29 heavy (non-hydrogen) atoms. The van der Waals surface area contributed by atoms with Crippen molar-refractivity contribution >= 4 is 17.0 Å². The maximum atomic E-state index is 4.44. The van der Waals surface area contributed by atoms with Gasteiger partial charge in [0.05, 0.1) is 0 Å². The van der Waals surface area contributed by atoms with E-state index in [9.17, 15) is 0 Å². The summed E-state index contributed by atoms with van der Waals surface area (Å²) in [5.74, 6) is 0.713. The minimum atomic E-state index is 0.339. The van der Waals surface area contributed by atoms with E-state index < -0.39 is 0 Å². The molecule has 2 unspecified atom stereocenters. The summed E-state index contributed by atoms with van der Waals surface area (Å²) in [6.45, 7) is 14.7. The van der Waals surface area contributed by atoms with Crippen LogP contribution in [0.1, 0.15) is 46.6 Å². The normalized spacial score (nSPS) is 16.2. The quantitative estimate of drug-likeness (QED) is 0.441. The Morgan fingerprint density at radius 3 is 2.45 bits per heavy atom. The van der Waals surface area contributed by atoms with Crippen LogP contribution in [0.2, 0.25) is 0 Å². The smallest absolute Gasteiger partial charge is 0.0390 e. The molecule has 4 rings (SSSR count). The van der Waals surface area contributed by atoms with Gasteiger partial charge in [-0.2, -0.15) is 0 Å². The average Bonchev–Trinajstić information content (AvgIpc) is 3.10. The van der Waals surface area contributed by atoms with Crippen molar-refractivity contribution in [1.29, 1.82) is 0 Å². The molecule has 0 fully saturated rings. The molecule has 0 aliphatic heterocycles. The molecular formula is C28H27N. The first-order chi connectivity index (χ1) is 14.1. The summed E-state index contributed by atoms with van der Waals surface area (Å²) in [7, 11) is 0. The lowest BCUT2D eigenvalue weighted by atomic mass is 9.90. The zero-order chi connectivity index (χ0) is 20.4. The summed E-state index contributed by atoms with van der Waals surface area (Å²) in [6, 6.07) is 25.7. The fraction of sp³-hybridized carbons (Fsp3) is 0.143. The van der Waals surface area contributed by atoms with Gasteiger partial charge in [0, 0.05) is 17.3 Å². The number of rotatable bonds is 6. The van der Waals surface area contributed by atoms with E-state index in [-0.39, 0.29) is 0 Å². The number of nitrogens with one attached hydrogen (secondary N) is 1. The SMILES string of the molecule is C=CC(C)c1ccc(C2Cc3ccc(NC(=C)c4ccccc4)cc3C2=C)cc1. The molecular weight excluding hydrogens is 350 g/mol. The largest absolute Gasteiger partial charge is 0.356 e. The third kappa shape index (κ3) is 3.82. The summed E-state index contributed by atoms with van der Waals surface area (Å²) in [5, 5.41) is 3.44. The van der Waals surface area contributed by atoms with Crippen LogP contribution in [-0.4, -0.2) is 0 Å². The van der Waals surface area contributed by atoms with Gasteiger partial charge in [0.15, 0.2) is 0 Å². The molecule has 1 aliphatic rings. The van der Waals surface area contributed by atoms with Crippen molar-refractivity contribution in [1.82, 2.24) is 0 Å². The van der Waals surface area contributed by atoms with Crippen molar-refractivity contribution in [3.05, 3.63) is 126 Å². The highest BCUT2D eigenvalue weighted by molar-refractivity contribution is 5.82. The summed E-state index contributed by atoms with van der Waals surface area (Å²) in [6.07, 6.45) is 2.99. The van der Waals surface area contributed by atoms with Gasteiger partial charge in [0.2, 0.25) is 0 Å². The van der Waals surface area contributed by atoms with E-state index in [4.69, 9.17) is 0 Å². The van der Waals surface area contributed by atoms with Gasteiger partial charge in [-0.15, -0.1) is 6.58 Å². The summed E-state index contributed by atoms with van der Waals surface area (Å²) in [4.78, 5) is 0. The Hall–Kier alpha value is -3.32. The van der Waals surface area contributed by atoms with Gasteiger partial charge in [-0.3, -0.25) is 0 Å². The molecule has 2 atom stereocenters. The highest BCUT2D eigenvalue weighted by Gasteiger charge is 2.27. The summed E-state index contributed by atoms with van der Waals surface area (Å²) in [5.41, 5.74) is 9.48. The molecule has 0 heterocycles. The van der Waals surface area contributed by atoms with Crippen LogP contribution in [0.25, 0.3) is 11.3 Å². The van der Waals surface area contributed by atoms with Crippen LogP contribution < -0.4 is 5.32 Å². The van der Waals surface area contributed by atoms with E-state index in [0.717, 1.165) is 23.4 Å². The minimum Gasteiger partial charge on any atom is -0.356 e. The molecule has 1 N–H and O–H groups in total. The minimum absolute atomic E-state index is 0.339. The Kier molecular flexibility index (Phi) is 5.22. The zero-order valence-corrected chi connectivity index (χ0v) is 17.0. The molecule has 144 valence electrons. The second-order valence-electron chi connectivity index (χ2n) is 7.81. The second kappa shape index (κ2) is 7.97. The lowest BCUT2D eigenvalue weighted by molar-refractivity contribution is 0.893. The van der Waals surface area contributed by atoms with Crippen LogP contribution in [0.5, 0.6) is 0 Å². The zero-order valence-electron chi connectivity index (χ0n) is 17.0. The fourth-order valence-electron chi connectivity index (χ4n) is 4.03. The maximum Gasteiger partial charge on any atom is 0.0390 e.